The fourth-order valence-corrected chi connectivity index (χ4v) is 3.02. The highest BCUT2D eigenvalue weighted by atomic mass is 19.3. The molecule has 6 nitrogen and oxygen atoms in total. The molecule has 0 aliphatic carbocycles. The van der Waals surface area contributed by atoms with Gasteiger partial charge in [0.05, 0.1) is 19.3 Å². The van der Waals surface area contributed by atoms with Crippen molar-refractivity contribution in [3.63, 3.8) is 0 Å². The van der Waals surface area contributed by atoms with Gasteiger partial charge in [0, 0.05) is 19.6 Å². The standard InChI is InChI=1S/C14H25F2N3O3/c1-10(2)22-12-4-6-18(9-14(12,15)16)13(21)11-3-5-17-19(11)7-8-20/h10-12,17,20H,3-9H2,1-2H3/t11?,12-/m0/s1. The van der Waals surface area contributed by atoms with Crippen LogP contribution in [0.15, 0.2) is 0 Å². The lowest BCUT2D eigenvalue weighted by atomic mass is 10.0. The molecular formula is C14H25F2N3O3. The van der Waals surface area contributed by atoms with Gasteiger partial charge in [-0.3, -0.25) is 10.2 Å². The molecule has 2 N–H and O–H groups in total. The number of nitrogens with zero attached hydrogens (tertiary/aromatic N) is 2. The predicted octanol–water partition coefficient (Wildman–Crippen LogP) is 0.219. The maximum Gasteiger partial charge on any atom is 0.290 e. The van der Waals surface area contributed by atoms with E-state index in [9.17, 15) is 13.6 Å². The average molecular weight is 321 g/mol. The molecule has 0 radical (unpaired) electrons. The number of alkyl halides is 2. The third kappa shape index (κ3) is 3.92. The van der Waals surface area contributed by atoms with Crippen LogP contribution in [0.2, 0.25) is 0 Å². The molecular weight excluding hydrogens is 296 g/mol. The second-order valence-corrected chi connectivity index (χ2v) is 6.11. The van der Waals surface area contributed by atoms with Gasteiger partial charge in [-0.25, -0.2) is 13.8 Å². The molecule has 2 heterocycles. The minimum atomic E-state index is -3.04. The zero-order chi connectivity index (χ0) is 16.3. The molecule has 2 aliphatic rings. The number of likely N-dealkylation sites (tertiary alicyclic amines) is 1. The van der Waals surface area contributed by atoms with E-state index in [2.05, 4.69) is 5.43 Å². The molecule has 0 aromatic heterocycles. The highest BCUT2D eigenvalue weighted by molar-refractivity contribution is 5.82. The molecule has 1 unspecified atom stereocenters. The van der Waals surface area contributed by atoms with E-state index in [1.165, 1.54) is 4.90 Å². The van der Waals surface area contributed by atoms with Crippen molar-refractivity contribution in [3.8, 4) is 0 Å². The van der Waals surface area contributed by atoms with Gasteiger partial charge in [-0.15, -0.1) is 0 Å². The second-order valence-electron chi connectivity index (χ2n) is 6.11. The van der Waals surface area contributed by atoms with Crippen molar-refractivity contribution in [2.45, 2.75) is 50.9 Å². The number of ether oxygens (including phenoxy) is 1. The molecule has 128 valence electrons. The fourth-order valence-electron chi connectivity index (χ4n) is 3.02. The normalized spacial score (nSPS) is 29.3. The van der Waals surface area contributed by atoms with Crippen LogP contribution in [0.3, 0.4) is 0 Å². The molecule has 0 aromatic carbocycles. The van der Waals surface area contributed by atoms with Crippen LogP contribution in [0.4, 0.5) is 8.78 Å². The van der Waals surface area contributed by atoms with Gasteiger partial charge in [-0.2, -0.15) is 0 Å². The molecule has 0 bridgehead atoms. The van der Waals surface area contributed by atoms with Crippen LogP contribution in [0, 0.1) is 0 Å². The van der Waals surface area contributed by atoms with Crippen LogP contribution in [0.5, 0.6) is 0 Å². The van der Waals surface area contributed by atoms with Crippen LogP contribution < -0.4 is 5.43 Å². The van der Waals surface area contributed by atoms with Gasteiger partial charge >= 0.3 is 0 Å². The Labute approximate surface area is 129 Å². The van der Waals surface area contributed by atoms with E-state index < -0.39 is 24.6 Å². The number of amides is 1. The summed E-state index contributed by atoms with van der Waals surface area (Å²) in [6, 6.07) is -0.481. The number of hydrazine groups is 1. The Morgan fingerprint density at radius 2 is 2.18 bits per heavy atom. The quantitative estimate of drug-likeness (QED) is 0.758. The largest absolute Gasteiger partial charge is 0.395 e. The second kappa shape index (κ2) is 7.16. The van der Waals surface area contributed by atoms with Gasteiger partial charge in [0.25, 0.3) is 5.92 Å². The first-order valence-electron chi connectivity index (χ1n) is 7.78. The van der Waals surface area contributed by atoms with Gasteiger partial charge in [0.2, 0.25) is 5.91 Å². The summed E-state index contributed by atoms with van der Waals surface area (Å²) < 4.78 is 33.6. The van der Waals surface area contributed by atoms with Crippen LogP contribution in [-0.2, 0) is 9.53 Å². The van der Waals surface area contributed by atoms with E-state index in [0.717, 1.165) is 0 Å². The summed E-state index contributed by atoms with van der Waals surface area (Å²) >= 11 is 0. The molecule has 2 saturated heterocycles. The molecule has 1 amide bonds. The zero-order valence-electron chi connectivity index (χ0n) is 13.1. The molecule has 0 saturated carbocycles. The number of nitrogens with one attached hydrogen (secondary N) is 1. The molecule has 2 fully saturated rings. The van der Waals surface area contributed by atoms with Gasteiger partial charge in [0.15, 0.2) is 0 Å². The van der Waals surface area contributed by atoms with Gasteiger partial charge in [-0.05, 0) is 26.7 Å². The number of rotatable bonds is 5. The Kier molecular flexibility index (Phi) is 5.70. The number of hydrogen-bond acceptors (Lipinski definition) is 5. The number of piperidine rings is 1. The first-order valence-corrected chi connectivity index (χ1v) is 7.78. The minimum Gasteiger partial charge on any atom is -0.395 e. The predicted molar refractivity (Wildman–Crippen MR) is 76.4 cm³/mol. The zero-order valence-corrected chi connectivity index (χ0v) is 13.1. The highest BCUT2D eigenvalue weighted by Gasteiger charge is 2.48. The van der Waals surface area contributed by atoms with Crippen molar-refractivity contribution in [3.05, 3.63) is 0 Å². The summed E-state index contributed by atoms with van der Waals surface area (Å²) in [4.78, 5) is 13.7. The summed E-state index contributed by atoms with van der Waals surface area (Å²) in [5.41, 5.74) is 3.00. The first-order chi connectivity index (χ1) is 10.3. The van der Waals surface area contributed by atoms with Crippen LogP contribution in [0.1, 0.15) is 26.7 Å². The summed E-state index contributed by atoms with van der Waals surface area (Å²) in [7, 11) is 0. The van der Waals surface area contributed by atoms with Gasteiger partial charge in [0.1, 0.15) is 12.1 Å². The topological polar surface area (TPSA) is 65.0 Å². The Morgan fingerprint density at radius 3 is 2.77 bits per heavy atom. The van der Waals surface area contributed by atoms with E-state index in [1.54, 1.807) is 18.9 Å². The smallest absolute Gasteiger partial charge is 0.290 e. The van der Waals surface area contributed by atoms with Crippen molar-refractivity contribution >= 4 is 5.91 Å². The lowest BCUT2D eigenvalue weighted by molar-refractivity contribution is -0.191. The SMILES string of the molecule is CC(C)O[C@H]1CCN(C(=O)C2CCNN2CCO)CC1(F)F. The molecule has 2 atom stereocenters. The number of aliphatic hydroxyl groups is 1. The third-order valence-electron chi connectivity index (χ3n) is 4.02. The maximum absolute atomic E-state index is 14.2. The lowest BCUT2D eigenvalue weighted by Crippen LogP contribution is -2.58. The van der Waals surface area contributed by atoms with Crippen molar-refractivity contribution < 1.29 is 23.4 Å². The number of halogens is 2. The van der Waals surface area contributed by atoms with Gasteiger partial charge in [-0.1, -0.05) is 0 Å². The number of carbonyl (C=O) groups is 1. The summed E-state index contributed by atoms with van der Waals surface area (Å²) in [5, 5.41) is 10.6. The summed E-state index contributed by atoms with van der Waals surface area (Å²) in [6.07, 6.45) is -0.701. The highest BCUT2D eigenvalue weighted by Crippen LogP contribution is 2.31. The first kappa shape index (κ1) is 17.5. The van der Waals surface area contributed by atoms with Crippen LogP contribution in [0.25, 0.3) is 0 Å². The Morgan fingerprint density at radius 1 is 1.45 bits per heavy atom. The Bertz CT molecular complexity index is 396. The Hall–Kier alpha value is -0.830. The maximum atomic E-state index is 14.2. The van der Waals surface area contributed by atoms with E-state index in [0.29, 0.717) is 19.5 Å². The number of β-amino-alcohol motifs (C(OH)–C–C–N with tert-alkyl or cyclic N) is 1. The van der Waals surface area contributed by atoms with E-state index in [1.807, 2.05) is 0 Å². The summed E-state index contributed by atoms with van der Waals surface area (Å²) in [6.45, 7) is 3.95. The lowest BCUT2D eigenvalue weighted by Gasteiger charge is -2.40. The number of aliphatic hydroxyl groups excluding tert-OH is 1. The van der Waals surface area contributed by atoms with E-state index >= 15 is 0 Å². The van der Waals surface area contributed by atoms with Gasteiger partial charge < -0.3 is 14.7 Å². The van der Waals surface area contributed by atoms with Crippen LogP contribution >= 0.6 is 0 Å². The number of carbonyl (C=O) groups excluding carboxylic acids is 1. The molecule has 2 rings (SSSR count). The molecule has 22 heavy (non-hydrogen) atoms. The Balaban J connectivity index is 1.98. The minimum absolute atomic E-state index is 0.0861. The molecule has 8 heteroatoms. The molecule has 0 aromatic rings. The molecule has 2 aliphatic heterocycles. The van der Waals surface area contributed by atoms with E-state index in [4.69, 9.17) is 9.84 Å². The van der Waals surface area contributed by atoms with E-state index in [-0.39, 0.29) is 31.6 Å². The van der Waals surface area contributed by atoms with Crippen molar-refractivity contribution in [2.75, 3.05) is 32.8 Å². The summed E-state index contributed by atoms with van der Waals surface area (Å²) in [5.74, 6) is -3.34. The average Bonchev–Trinajstić information content (AvgIpc) is 2.88. The van der Waals surface area contributed by atoms with Crippen molar-refractivity contribution in [1.29, 1.82) is 0 Å². The van der Waals surface area contributed by atoms with Crippen LogP contribution in [-0.4, -0.2) is 77.9 Å². The monoisotopic (exact) mass is 321 g/mol. The molecule has 0 spiro atoms. The third-order valence-corrected chi connectivity index (χ3v) is 4.02. The van der Waals surface area contributed by atoms with Crippen molar-refractivity contribution in [1.82, 2.24) is 15.3 Å². The van der Waals surface area contributed by atoms with Crippen molar-refractivity contribution in [2.24, 2.45) is 0 Å². The number of hydrogen-bond donors (Lipinski definition) is 2. The fraction of sp³-hybridized carbons (Fsp3) is 0.929.